The van der Waals surface area contributed by atoms with E-state index in [9.17, 15) is 0 Å². The Morgan fingerprint density at radius 1 is 1.58 bits per heavy atom. The normalized spacial score (nSPS) is 24.4. The Morgan fingerprint density at radius 2 is 2.42 bits per heavy atom. The largest absolute Gasteiger partial charge is 0.381 e. The van der Waals surface area contributed by atoms with Gasteiger partial charge in [-0.3, -0.25) is 0 Å². The van der Waals surface area contributed by atoms with E-state index in [4.69, 9.17) is 4.74 Å². The van der Waals surface area contributed by atoms with Crippen LogP contribution in [-0.2, 0) is 4.74 Å². The van der Waals surface area contributed by atoms with Crippen LogP contribution in [0.2, 0.25) is 0 Å². The molecule has 12 heavy (non-hydrogen) atoms. The fourth-order valence-electron chi connectivity index (χ4n) is 1.27. The van der Waals surface area contributed by atoms with Gasteiger partial charge < -0.3 is 10.1 Å². The van der Waals surface area contributed by atoms with E-state index in [-0.39, 0.29) is 0 Å². The molecule has 0 saturated carbocycles. The van der Waals surface area contributed by atoms with Crippen molar-refractivity contribution in [1.82, 2.24) is 5.32 Å². The maximum Gasteiger partial charge on any atom is 0.0529 e. The van der Waals surface area contributed by atoms with Gasteiger partial charge in [0.2, 0.25) is 0 Å². The molecule has 0 radical (unpaired) electrons. The van der Waals surface area contributed by atoms with E-state index in [0.717, 1.165) is 19.8 Å². The second kappa shape index (κ2) is 5.33. The molecule has 0 aromatic rings. The van der Waals surface area contributed by atoms with E-state index in [1.165, 1.54) is 6.42 Å². The minimum atomic E-state index is 0.578. The molecule has 1 atom stereocenters. The van der Waals surface area contributed by atoms with Crippen LogP contribution in [-0.4, -0.2) is 25.8 Å². The van der Waals surface area contributed by atoms with Crippen molar-refractivity contribution in [2.24, 2.45) is 5.92 Å². The molecule has 2 nitrogen and oxygen atoms in total. The second-order valence-corrected chi connectivity index (χ2v) is 3.61. The number of rotatable bonds is 4. The van der Waals surface area contributed by atoms with Crippen molar-refractivity contribution in [3.05, 3.63) is 12.2 Å². The summed E-state index contributed by atoms with van der Waals surface area (Å²) in [6.45, 7) is 7.15. The summed E-state index contributed by atoms with van der Waals surface area (Å²) in [6.07, 6.45) is 5.67. The minimum Gasteiger partial charge on any atom is -0.381 e. The molecular weight excluding hydrogens is 150 g/mol. The lowest BCUT2D eigenvalue weighted by Crippen LogP contribution is -2.22. The molecule has 1 N–H and O–H groups in total. The first-order valence-corrected chi connectivity index (χ1v) is 4.77. The van der Waals surface area contributed by atoms with Gasteiger partial charge in [-0.15, -0.1) is 0 Å². The summed E-state index contributed by atoms with van der Waals surface area (Å²) in [5.74, 6) is 0.666. The third kappa shape index (κ3) is 3.88. The lowest BCUT2D eigenvalue weighted by molar-refractivity contribution is 0.191. The van der Waals surface area contributed by atoms with Gasteiger partial charge in [-0.25, -0.2) is 0 Å². The molecular formula is C10H19NO. The molecule has 0 amide bonds. The summed E-state index contributed by atoms with van der Waals surface area (Å²) in [4.78, 5) is 0. The van der Waals surface area contributed by atoms with Gasteiger partial charge in [-0.05, 0) is 6.42 Å². The Kier molecular flexibility index (Phi) is 4.33. The quantitative estimate of drug-likeness (QED) is 0.645. The maximum absolute atomic E-state index is 5.26. The minimum absolute atomic E-state index is 0.578. The third-order valence-electron chi connectivity index (χ3n) is 2.02. The van der Waals surface area contributed by atoms with Gasteiger partial charge in [-0.2, -0.15) is 0 Å². The van der Waals surface area contributed by atoms with E-state index >= 15 is 0 Å². The SMILES string of the molecule is CC(C)NCC=CC1CCOC1. The van der Waals surface area contributed by atoms with Crippen LogP contribution in [0.4, 0.5) is 0 Å². The average molecular weight is 169 g/mol. The smallest absolute Gasteiger partial charge is 0.0529 e. The van der Waals surface area contributed by atoms with Gasteiger partial charge in [0.05, 0.1) is 6.61 Å². The van der Waals surface area contributed by atoms with Crippen LogP contribution in [0.3, 0.4) is 0 Å². The van der Waals surface area contributed by atoms with Crippen LogP contribution in [0, 0.1) is 5.92 Å². The van der Waals surface area contributed by atoms with Crippen LogP contribution in [0.25, 0.3) is 0 Å². The molecule has 1 heterocycles. The van der Waals surface area contributed by atoms with E-state index in [1.807, 2.05) is 0 Å². The van der Waals surface area contributed by atoms with Gasteiger partial charge in [0.25, 0.3) is 0 Å². The molecule has 0 aliphatic carbocycles. The lowest BCUT2D eigenvalue weighted by atomic mass is 10.1. The maximum atomic E-state index is 5.26. The van der Waals surface area contributed by atoms with Crippen LogP contribution in [0.5, 0.6) is 0 Å². The van der Waals surface area contributed by atoms with Gasteiger partial charge in [0.1, 0.15) is 0 Å². The summed E-state index contributed by atoms with van der Waals surface area (Å²) in [5, 5.41) is 3.34. The molecule has 2 heteroatoms. The van der Waals surface area contributed by atoms with Crippen molar-refractivity contribution in [3.63, 3.8) is 0 Å². The first-order valence-electron chi connectivity index (χ1n) is 4.77. The van der Waals surface area contributed by atoms with Crippen molar-refractivity contribution in [1.29, 1.82) is 0 Å². The average Bonchev–Trinajstić information content (AvgIpc) is 2.49. The highest BCUT2D eigenvalue weighted by Crippen LogP contribution is 2.12. The van der Waals surface area contributed by atoms with Crippen molar-refractivity contribution in [3.8, 4) is 0 Å². The number of hydrogen-bond donors (Lipinski definition) is 1. The Hall–Kier alpha value is -0.340. The van der Waals surface area contributed by atoms with Gasteiger partial charge in [0.15, 0.2) is 0 Å². The Labute approximate surface area is 75.0 Å². The number of hydrogen-bond acceptors (Lipinski definition) is 2. The molecule has 0 spiro atoms. The zero-order chi connectivity index (χ0) is 8.81. The molecule has 0 aromatic heterocycles. The molecule has 0 bridgehead atoms. The van der Waals surface area contributed by atoms with E-state index < -0.39 is 0 Å². The monoisotopic (exact) mass is 169 g/mol. The number of nitrogens with one attached hydrogen (secondary N) is 1. The molecule has 1 rings (SSSR count). The van der Waals surface area contributed by atoms with Crippen LogP contribution >= 0.6 is 0 Å². The number of ether oxygens (including phenoxy) is 1. The van der Waals surface area contributed by atoms with Gasteiger partial charge >= 0.3 is 0 Å². The topological polar surface area (TPSA) is 21.3 Å². The summed E-state index contributed by atoms with van der Waals surface area (Å²) >= 11 is 0. The predicted octanol–water partition coefficient (Wildman–Crippen LogP) is 1.58. The van der Waals surface area contributed by atoms with Crippen LogP contribution in [0.15, 0.2) is 12.2 Å². The molecule has 1 aliphatic heterocycles. The first-order chi connectivity index (χ1) is 5.79. The molecule has 1 unspecified atom stereocenters. The lowest BCUT2D eigenvalue weighted by Gasteiger charge is -2.04. The second-order valence-electron chi connectivity index (χ2n) is 3.61. The molecule has 0 aromatic carbocycles. The molecule has 1 aliphatic rings. The highest BCUT2D eigenvalue weighted by atomic mass is 16.5. The van der Waals surface area contributed by atoms with Crippen molar-refractivity contribution >= 4 is 0 Å². The van der Waals surface area contributed by atoms with Crippen molar-refractivity contribution in [2.75, 3.05) is 19.8 Å². The van der Waals surface area contributed by atoms with Crippen LogP contribution < -0.4 is 5.32 Å². The summed E-state index contributed by atoms with van der Waals surface area (Å²) < 4.78 is 5.26. The van der Waals surface area contributed by atoms with Crippen molar-refractivity contribution in [2.45, 2.75) is 26.3 Å². The fourth-order valence-corrected chi connectivity index (χ4v) is 1.27. The predicted molar refractivity (Wildman–Crippen MR) is 51.2 cm³/mol. The molecule has 70 valence electrons. The molecule has 1 saturated heterocycles. The van der Waals surface area contributed by atoms with Gasteiger partial charge in [0, 0.05) is 25.1 Å². The Balaban J connectivity index is 2.04. The van der Waals surface area contributed by atoms with E-state index in [0.29, 0.717) is 12.0 Å². The first kappa shape index (κ1) is 9.75. The van der Waals surface area contributed by atoms with E-state index in [2.05, 4.69) is 31.3 Å². The highest BCUT2D eigenvalue weighted by Gasteiger charge is 2.10. The summed E-state index contributed by atoms with van der Waals surface area (Å²) in [6, 6.07) is 0.578. The standard InChI is InChI=1S/C10H19NO/c1-9(2)11-6-3-4-10-5-7-12-8-10/h3-4,9-11H,5-8H2,1-2H3. The van der Waals surface area contributed by atoms with Gasteiger partial charge in [-0.1, -0.05) is 26.0 Å². The fraction of sp³-hybridized carbons (Fsp3) is 0.800. The van der Waals surface area contributed by atoms with E-state index in [1.54, 1.807) is 0 Å². The van der Waals surface area contributed by atoms with Crippen molar-refractivity contribution < 1.29 is 4.74 Å². The summed E-state index contributed by atoms with van der Waals surface area (Å²) in [7, 11) is 0. The Bertz CT molecular complexity index is 137. The summed E-state index contributed by atoms with van der Waals surface area (Å²) in [5.41, 5.74) is 0. The zero-order valence-corrected chi connectivity index (χ0v) is 8.05. The highest BCUT2D eigenvalue weighted by molar-refractivity contribution is 4.91. The third-order valence-corrected chi connectivity index (χ3v) is 2.02. The Morgan fingerprint density at radius 3 is 3.00 bits per heavy atom. The molecule has 1 fully saturated rings. The van der Waals surface area contributed by atoms with Crippen LogP contribution in [0.1, 0.15) is 20.3 Å². The zero-order valence-electron chi connectivity index (χ0n) is 8.05.